The van der Waals surface area contributed by atoms with Gasteiger partial charge in [0.2, 0.25) is 0 Å². The number of benzene rings is 1. The van der Waals surface area contributed by atoms with Crippen molar-refractivity contribution in [1.29, 1.82) is 0 Å². The Kier molecular flexibility index (Phi) is 3.91. The van der Waals surface area contributed by atoms with Crippen LogP contribution in [0, 0.1) is 0 Å². The number of aromatic nitrogens is 2. The molecule has 1 N–H and O–H groups in total. The number of nitrogens with zero attached hydrogens (tertiary/aromatic N) is 2. The van der Waals surface area contributed by atoms with Crippen LogP contribution in [0.5, 0.6) is 11.5 Å². The summed E-state index contributed by atoms with van der Waals surface area (Å²) >= 11 is 3.54. The number of phenolic OH excluding ortho intramolecular Hbond substituents is 1. The van der Waals surface area contributed by atoms with E-state index in [1.54, 1.807) is 18.2 Å². The van der Waals surface area contributed by atoms with Gasteiger partial charge in [-0.3, -0.25) is 4.68 Å². The lowest BCUT2D eigenvalue weighted by Gasteiger charge is -2.07. The van der Waals surface area contributed by atoms with Crippen LogP contribution >= 0.6 is 15.9 Å². The number of rotatable bonds is 4. The van der Waals surface area contributed by atoms with Gasteiger partial charge in [0.15, 0.2) is 0 Å². The molecule has 0 bridgehead atoms. The van der Waals surface area contributed by atoms with Gasteiger partial charge in [0, 0.05) is 13.1 Å². The minimum absolute atomic E-state index is 0.200. The molecular weight excluding hydrogens is 296 g/mol. The Bertz CT molecular complexity index is 552. The molecule has 2 rings (SSSR count). The second-order valence-electron chi connectivity index (χ2n) is 3.97. The standard InChI is InChI=1S/C13H15BrN2O2/c1-3-11-13(14)12(16(2)15-11)8-18-10-6-4-5-9(17)7-10/h4-7,17H,3,8H2,1-2H3. The molecule has 0 atom stereocenters. The summed E-state index contributed by atoms with van der Waals surface area (Å²) in [6.07, 6.45) is 0.876. The molecule has 2 aromatic rings. The first-order chi connectivity index (χ1) is 8.61. The highest BCUT2D eigenvalue weighted by Gasteiger charge is 2.12. The highest BCUT2D eigenvalue weighted by molar-refractivity contribution is 9.10. The van der Waals surface area contributed by atoms with Crippen molar-refractivity contribution >= 4 is 15.9 Å². The van der Waals surface area contributed by atoms with Gasteiger partial charge in [-0.2, -0.15) is 5.10 Å². The second kappa shape index (κ2) is 5.44. The predicted octanol–water partition coefficient (Wildman–Crippen LogP) is 3.03. The molecule has 0 saturated heterocycles. The smallest absolute Gasteiger partial charge is 0.131 e. The summed E-state index contributed by atoms with van der Waals surface area (Å²) in [5, 5.41) is 13.8. The van der Waals surface area contributed by atoms with Crippen LogP contribution in [0.25, 0.3) is 0 Å². The van der Waals surface area contributed by atoms with E-state index in [4.69, 9.17) is 4.74 Å². The summed E-state index contributed by atoms with van der Waals surface area (Å²) in [7, 11) is 1.89. The topological polar surface area (TPSA) is 47.3 Å². The van der Waals surface area contributed by atoms with E-state index in [9.17, 15) is 5.11 Å². The van der Waals surface area contributed by atoms with Gasteiger partial charge in [-0.15, -0.1) is 0 Å². The van der Waals surface area contributed by atoms with Crippen LogP contribution in [0.4, 0.5) is 0 Å². The number of hydrogen-bond donors (Lipinski definition) is 1. The maximum absolute atomic E-state index is 9.35. The molecule has 0 aliphatic carbocycles. The van der Waals surface area contributed by atoms with Crippen LogP contribution in [0.2, 0.25) is 0 Å². The minimum atomic E-state index is 0.200. The molecule has 1 heterocycles. The third kappa shape index (κ3) is 2.67. The predicted molar refractivity (Wildman–Crippen MR) is 72.7 cm³/mol. The molecule has 1 aromatic heterocycles. The zero-order valence-corrected chi connectivity index (χ0v) is 11.9. The molecule has 18 heavy (non-hydrogen) atoms. The molecule has 0 fully saturated rings. The summed E-state index contributed by atoms with van der Waals surface area (Å²) < 4.78 is 8.45. The van der Waals surface area contributed by atoms with Gasteiger partial charge in [0.1, 0.15) is 18.1 Å². The van der Waals surface area contributed by atoms with Gasteiger partial charge in [-0.1, -0.05) is 13.0 Å². The molecule has 0 aliphatic heterocycles. The fraction of sp³-hybridized carbons (Fsp3) is 0.308. The number of hydrogen-bond acceptors (Lipinski definition) is 3. The number of aromatic hydroxyl groups is 1. The molecule has 5 heteroatoms. The summed E-state index contributed by atoms with van der Waals surface area (Å²) in [5.41, 5.74) is 2.00. The quantitative estimate of drug-likeness (QED) is 0.944. The molecule has 0 spiro atoms. The van der Waals surface area contributed by atoms with E-state index in [1.807, 2.05) is 17.8 Å². The first-order valence-corrected chi connectivity index (χ1v) is 6.53. The van der Waals surface area contributed by atoms with Gasteiger partial charge in [-0.25, -0.2) is 0 Å². The van der Waals surface area contributed by atoms with Crippen LogP contribution in [-0.2, 0) is 20.1 Å². The van der Waals surface area contributed by atoms with Gasteiger partial charge in [0.05, 0.1) is 15.9 Å². The normalized spacial score (nSPS) is 10.6. The van der Waals surface area contributed by atoms with Crippen molar-refractivity contribution in [3.8, 4) is 11.5 Å². The first kappa shape index (κ1) is 13.0. The Balaban J connectivity index is 2.13. The molecule has 0 unspecified atom stereocenters. The van der Waals surface area contributed by atoms with Crippen LogP contribution in [0.15, 0.2) is 28.7 Å². The highest BCUT2D eigenvalue weighted by Crippen LogP contribution is 2.24. The van der Waals surface area contributed by atoms with Crippen molar-refractivity contribution in [2.45, 2.75) is 20.0 Å². The minimum Gasteiger partial charge on any atom is -0.508 e. The lowest BCUT2D eigenvalue weighted by Crippen LogP contribution is -2.03. The van der Waals surface area contributed by atoms with Crippen molar-refractivity contribution in [3.63, 3.8) is 0 Å². The van der Waals surface area contributed by atoms with Crippen molar-refractivity contribution in [2.24, 2.45) is 7.05 Å². The fourth-order valence-electron chi connectivity index (χ4n) is 1.70. The summed E-state index contributed by atoms with van der Waals surface area (Å²) in [6.45, 7) is 2.47. The zero-order chi connectivity index (χ0) is 13.1. The van der Waals surface area contributed by atoms with Gasteiger partial charge in [0.25, 0.3) is 0 Å². The summed E-state index contributed by atoms with van der Waals surface area (Å²) in [4.78, 5) is 0. The third-order valence-corrected chi connectivity index (χ3v) is 3.61. The SMILES string of the molecule is CCc1nn(C)c(COc2cccc(O)c2)c1Br. The maximum atomic E-state index is 9.35. The Morgan fingerprint density at radius 3 is 2.83 bits per heavy atom. The van der Waals surface area contributed by atoms with Crippen molar-refractivity contribution in [3.05, 3.63) is 40.1 Å². The maximum Gasteiger partial charge on any atom is 0.131 e. The van der Waals surface area contributed by atoms with Crippen LogP contribution in [-0.4, -0.2) is 14.9 Å². The molecule has 96 valence electrons. The first-order valence-electron chi connectivity index (χ1n) is 5.74. The van der Waals surface area contributed by atoms with Gasteiger partial charge in [-0.05, 0) is 34.5 Å². The Morgan fingerprint density at radius 2 is 2.22 bits per heavy atom. The Labute approximate surface area is 114 Å². The molecule has 0 radical (unpaired) electrons. The molecular formula is C13H15BrN2O2. The van der Waals surface area contributed by atoms with E-state index in [2.05, 4.69) is 28.0 Å². The summed E-state index contributed by atoms with van der Waals surface area (Å²) in [6, 6.07) is 6.76. The Hall–Kier alpha value is -1.49. The number of halogens is 1. The second-order valence-corrected chi connectivity index (χ2v) is 4.76. The van der Waals surface area contributed by atoms with E-state index >= 15 is 0 Å². The van der Waals surface area contributed by atoms with Crippen LogP contribution < -0.4 is 4.74 Å². The van der Waals surface area contributed by atoms with Crippen LogP contribution in [0.3, 0.4) is 0 Å². The van der Waals surface area contributed by atoms with E-state index < -0.39 is 0 Å². The largest absolute Gasteiger partial charge is 0.508 e. The fourth-order valence-corrected chi connectivity index (χ4v) is 2.43. The average molecular weight is 311 g/mol. The van der Waals surface area contributed by atoms with E-state index in [0.29, 0.717) is 12.4 Å². The lowest BCUT2D eigenvalue weighted by atomic mass is 10.3. The number of ether oxygens (including phenoxy) is 1. The van der Waals surface area contributed by atoms with Crippen molar-refractivity contribution in [2.75, 3.05) is 0 Å². The number of aryl methyl sites for hydroxylation is 2. The number of phenols is 1. The summed E-state index contributed by atoms with van der Waals surface area (Å²) in [5.74, 6) is 0.840. The molecule has 0 saturated carbocycles. The van der Waals surface area contributed by atoms with Gasteiger partial charge >= 0.3 is 0 Å². The molecule has 1 aromatic carbocycles. The van der Waals surface area contributed by atoms with Crippen molar-refractivity contribution in [1.82, 2.24) is 9.78 Å². The molecule has 4 nitrogen and oxygen atoms in total. The van der Waals surface area contributed by atoms with Crippen LogP contribution in [0.1, 0.15) is 18.3 Å². The van der Waals surface area contributed by atoms with Crippen molar-refractivity contribution < 1.29 is 9.84 Å². The van der Waals surface area contributed by atoms with Gasteiger partial charge < -0.3 is 9.84 Å². The average Bonchev–Trinajstić information content (AvgIpc) is 2.62. The molecule has 0 aliphatic rings. The van der Waals surface area contributed by atoms with E-state index in [1.165, 1.54) is 0 Å². The highest BCUT2D eigenvalue weighted by atomic mass is 79.9. The Morgan fingerprint density at radius 1 is 1.44 bits per heavy atom. The van der Waals surface area contributed by atoms with E-state index in [-0.39, 0.29) is 5.75 Å². The third-order valence-electron chi connectivity index (χ3n) is 2.70. The lowest BCUT2D eigenvalue weighted by molar-refractivity contribution is 0.292. The molecule has 0 amide bonds. The monoisotopic (exact) mass is 310 g/mol. The zero-order valence-electron chi connectivity index (χ0n) is 10.4. The van der Waals surface area contributed by atoms with E-state index in [0.717, 1.165) is 22.3 Å².